The van der Waals surface area contributed by atoms with Crippen LogP contribution in [0.5, 0.6) is 5.75 Å². The standard InChI is InChI=1S/C18H28N6O.HI/c1-19-18(20-10-14-7-6-8-16(9-14)25-5)21-12-17(23(2)3)15-11-22-24(4)13-15;/h6-9,11,13,17H,10,12H2,1-5H3,(H2,19,20,21);1H. The van der Waals surface area contributed by atoms with Crippen LogP contribution < -0.4 is 15.4 Å². The van der Waals surface area contributed by atoms with Crippen LogP contribution >= 0.6 is 24.0 Å². The second-order valence-electron chi connectivity index (χ2n) is 6.08. The predicted molar refractivity (Wildman–Crippen MR) is 116 cm³/mol. The first-order chi connectivity index (χ1) is 12.0. The molecule has 1 aromatic carbocycles. The minimum absolute atomic E-state index is 0. The van der Waals surface area contributed by atoms with Crippen LogP contribution in [0.15, 0.2) is 41.7 Å². The summed E-state index contributed by atoms with van der Waals surface area (Å²) >= 11 is 0. The highest BCUT2D eigenvalue weighted by atomic mass is 127. The summed E-state index contributed by atoms with van der Waals surface area (Å²) in [6.07, 6.45) is 3.94. The first-order valence-corrected chi connectivity index (χ1v) is 8.26. The second kappa shape index (κ2) is 11.0. The summed E-state index contributed by atoms with van der Waals surface area (Å²) < 4.78 is 7.08. The maximum absolute atomic E-state index is 5.26. The number of nitrogens with zero attached hydrogens (tertiary/aromatic N) is 4. The van der Waals surface area contributed by atoms with Gasteiger partial charge in [-0.15, -0.1) is 24.0 Å². The van der Waals surface area contributed by atoms with Crippen LogP contribution in [0.2, 0.25) is 0 Å². The number of nitrogens with one attached hydrogen (secondary N) is 2. The Morgan fingerprint density at radius 3 is 2.69 bits per heavy atom. The van der Waals surface area contributed by atoms with Gasteiger partial charge in [-0.2, -0.15) is 5.10 Å². The van der Waals surface area contributed by atoms with Gasteiger partial charge >= 0.3 is 0 Å². The maximum Gasteiger partial charge on any atom is 0.191 e. The quantitative estimate of drug-likeness (QED) is 0.367. The fourth-order valence-electron chi connectivity index (χ4n) is 2.59. The summed E-state index contributed by atoms with van der Waals surface area (Å²) in [4.78, 5) is 6.47. The van der Waals surface area contributed by atoms with E-state index in [9.17, 15) is 0 Å². The van der Waals surface area contributed by atoms with E-state index < -0.39 is 0 Å². The molecule has 7 nitrogen and oxygen atoms in total. The highest BCUT2D eigenvalue weighted by Gasteiger charge is 2.16. The molecule has 0 aliphatic rings. The summed E-state index contributed by atoms with van der Waals surface area (Å²) in [5.41, 5.74) is 2.31. The number of aryl methyl sites for hydroxylation is 1. The van der Waals surface area contributed by atoms with Crippen LogP contribution in [0.25, 0.3) is 0 Å². The maximum atomic E-state index is 5.26. The fourth-order valence-corrected chi connectivity index (χ4v) is 2.59. The smallest absolute Gasteiger partial charge is 0.191 e. The zero-order valence-electron chi connectivity index (χ0n) is 16.1. The summed E-state index contributed by atoms with van der Waals surface area (Å²) in [5.74, 6) is 1.62. The number of halogens is 1. The van der Waals surface area contributed by atoms with E-state index in [1.54, 1.807) is 14.2 Å². The molecular formula is C18H29IN6O. The van der Waals surface area contributed by atoms with Crippen LogP contribution in [0.1, 0.15) is 17.2 Å². The second-order valence-corrected chi connectivity index (χ2v) is 6.08. The van der Waals surface area contributed by atoms with Gasteiger partial charge in [0, 0.05) is 38.9 Å². The topological polar surface area (TPSA) is 66.7 Å². The predicted octanol–water partition coefficient (Wildman–Crippen LogP) is 2.01. The third-order valence-corrected chi connectivity index (χ3v) is 4.01. The first kappa shape index (κ1) is 22.2. The van der Waals surface area contributed by atoms with Crippen LogP contribution in [-0.2, 0) is 13.6 Å². The molecule has 0 spiro atoms. The molecule has 0 amide bonds. The molecule has 0 radical (unpaired) electrons. The SMILES string of the molecule is CN=C(NCc1cccc(OC)c1)NCC(c1cnn(C)c1)N(C)C.I. The van der Waals surface area contributed by atoms with Crippen LogP contribution in [0.3, 0.4) is 0 Å². The van der Waals surface area contributed by atoms with Crippen molar-refractivity contribution in [3.05, 3.63) is 47.8 Å². The Labute approximate surface area is 172 Å². The summed E-state index contributed by atoms with van der Waals surface area (Å²) in [5, 5.41) is 11.0. The number of ether oxygens (including phenoxy) is 1. The molecule has 0 saturated heterocycles. The van der Waals surface area contributed by atoms with Crippen LogP contribution in [-0.4, -0.2) is 55.4 Å². The van der Waals surface area contributed by atoms with Gasteiger partial charge in [-0.3, -0.25) is 9.67 Å². The number of rotatable bonds is 7. The van der Waals surface area contributed by atoms with Gasteiger partial charge in [0.25, 0.3) is 0 Å². The average Bonchev–Trinajstić information content (AvgIpc) is 3.03. The number of aliphatic imine (C=N–C) groups is 1. The third kappa shape index (κ3) is 6.49. The Morgan fingerprint density at radius 1 is 1.35 bits per heavy atom. The average molecular weight is 472 g/mol. The number of likely N-dealkylation sites (N-methyl/N-ethyl adjacent to an activating group) is 1. The minimum Gasteiger partial charge on any atom is -0.497 e. The van der Waals surface area contributed by atoms with Crippen molar-refractivity contribution in [2.45, 2.75) is 12.6 Å². The number of hydrogen-bond acceptors (Lipinski definition) is 4. The highest BCUT2D eigenvalue weighted by Crippen LogP contribution is 2.16. The zero-order valence-corrected chi connectivity index (χ0v) is 18.4. The molecule has 0 saturated carbocycles. The van der Waals surface area contributed by atoms with E-state index in [2.05, 4.69) is 45.8 Å². The van der Waals surface area contributed by atoms with Gasteiger partial charge in [0.15, 0.2) is 5.96 Å². The summed E-state index contributed by atoms with van der Waals surface area (Å²) in [6.45, 7) is 1.41. The Hall–Kier alpha value is -1.81. The van der Waals surface area contributed by atoms with Gasteiger partial charge in [-0.1, -0.05) is 12.1 Å². The molecule has 8 heteroatoms. The normalized spacial score (nSPS) is 12.5. The summed E-state index contributed by atoms with van der Waals surface area (Å²) in [7, 11) is 9.50. The van der Waals surface area contributed by atoms with Crippen LogP contribution in [0, 0.1) is 0 Å². The number of aromatic nitrogens is 2. The molecular weight excluding hydrogens is 443 g/mol. The lowest BCUT2D eigenvalue weighted by Crippen LogP contribution is -2.41. The molecule has 0 fully saturated rings. The van der Waals surface area contributed by atoms with E-state index in [0.717, 1.165) is 23.8 Å². The van der Waals surface area contributed by atoms with Crippen molar-refractivity contribution in [1.82, 2.24) is 25.3 Å². The van der Waals surface area contributed by atoms with E-state index in [1.165, 1.54) is 5.56 Å². The monoisotopic (exact) mass is 472 g/mol. The minimum atomic E-state index is 0. The van der Waals surface area contributed by atoms with Gasteiger partial charge in [0.1, 0.15) is 5.75 Å². The van der Waals surface area contributed by atoms with E-state index in [0.29, 0.717) is 6.54 Å². The van der Waals surface area contributed by atoms with Gasteiger partial charge in [-0.25, -0.2) is 0 Å². The lowest BCUT2D eigenvalue weighted by molar-refractivity contribution is 0.298. The Balaban J connectivity index is 0.00000338. The molecule has 1 atom stereocenters. The molecule has 144 valence electrons. The molecule has 1 aromatic heterocycles. The van der Waals surface area contributed by atoms with E-state index in [1.807, 2.05) is 42.3 Å². The van der Waals surface area contributed by atoms with Crippen molar-refractivity contribution in [2.75, 3.05) is 34.8 Å². The zero-order chi connectivity index (χ0) is 18.2. The Bertz CT molecular complexity index is 700. The molecule has 0 aliphatic heterocycles. The number of benzene rings is 1. The molecule has 2 N–H and O–H groups in total. The highest BCUT2D eigenvalue weighted by molar-refractivity contribution is 14.0. The molecule has 26 heavy (non-hydrogen) atoms. The van der Waals surface area contributed by atoms with Gasteiger partial charge in [-0.05, 0) is 31.8 Å². The lowest BCUT2D eigenvalue weighted by atomic mass is 10.1. The fraction of sp³-hybridized carbons (Fsp3) is 0.444. The molecule has 1 heterocycles. The van der Waals surface area contributed by atoms with Crippen molar-refractivity contribution in [2.24, 2.45) is 12.0 Å². The molecule has 0 bridgehead atoms. The Morgan fingerprint density at radius 2 is 2.12 bits per heavy atom. The van der Waals surface area contributed by atoms with Gasteiger partial charge in [0.05, 0.1) is 19.3 Å². The number of guanidine groups is 1. The molecule has 2 aromatic rings. The summed E-state index contributed by atoms with van der Waals surface area (Å²) in [6, 6.07) is 8.20. The number of hydrogen-bond donors (Lipinski definition) is 2. The lowest BCUT2D eigenvalue weighted by Gasteiger charge is -2.24. The van der Waals surface area contributed by atoms with E-state index in [-0.39, 0.29) is 30.0 Å². The molecule has 2 rings (SSSR count). The van der Waals surface area contributed by atoms with Crippen LogP contribution in [0.4, 0.5) is 0 Å². The first-order valence-electron chi connectivity index (χ1n) is 8.26. The van der Waals surface area contributed by atoms with Gasteiger partial charge in [0.2, 0.25) is 0 Å². The van der Waals surface area contributed by atoms with Crippen molar-refractivity contribution in [3.8, 4) is 5.75 Å². The third-order valence-electron chi connectivity index (χ3n) is 4.01. The van der Waals surface area contributed by atoms with Crippen molar-refractivity contribution < 1.29 is 4.74 Å². The molecule has 0 aliphatic carbocycles. The van der Waals surface area contributed by atoms with Crippen molar-refractivity contribution >= 4 is 29.9 Å². The molecule has 1 unspecified atom stereocenters. The van der Waals surface area contributed by atoms with Crippen molar-refractivity contribution in [3.63, 3.8) is 0 Å². The number of methoxy groups -OCH3 is 1. The van der Waals surface area contributed by atoms with Crippen molar-refractivity contribution in [1.29, 1.82) is 0 Å². The van der Waals surface area contributed by atoms with E-state index >= 15 is 0 Å². The van der Waals surface area contributed by atoms with E-state index in [4.69, 9.17) is 4.74 Å². The Kier molecular flexibility index (Phi) is 9.42. The van der Waals surface area contributed by atoms with Gasteiger partial charge < -0.3 is 20.3 Å². The largest absolute Gasteiger partial charge is 0.497 e.